The van der Waals surface area contributed by atoms with E-state index in [0.29, 0.717) is 6.42 Å². The van der Waals surface area contributed by atoms with Gasteiger partial charge in [0.1, 0.15) is 5.82 Å². The number of aryl methyl sites for hydroxylation is 1. The lowest BCUT2D eigenvalue weighted by molar-refractivity contribution is 0.244. The third kappa shape index (κ3) is 3.10. The molecule has 0 N–H and O–H groups in total. The van der Waals surface area contributed by atoms with Gasteiger partial charge in [0, 0.05) is 49.7 Å². The summed E-state index contributed by atoms with van der Waals surface area (Å²) in [6.45, 7) is 6.02. The van der Waals surface area contributed by atoms with Gasteiger partial charge < -0.3 is 4.90 Å². The molecule has 0 atom stereocenters. The summed E-state index contributed by atoms with van der Waals surface area (Å²) < 4.78 is 20.1. The Labute approximate surface area is 125 Å². The number of anilines is 1. The Kier molecular flexibility index (Phi) is 3.87. The Morgan fingerprint density at radius 1 is 1.33 bits per heavy atom. The lowest BCUT2D eigenvalue weighted by Crippen LogP contribution is -2.47. The molecule has 0 bridgehead atoms. The number of piperazine rings is 1. The molecule has 0 aromatic carbocycles. The van der Waals surface area contributed by atoms with Crippen LogP contribution in [0.15, 0.2) is 18.4 Å². The van der Waals surface area contributed by atoms with Gasteiger partial charge in [0.25, 0.3) is 0 Å². The lowest BCUT2D eigenvalue weighted by Gasteiger charge is -2.35. The van der Waals surface area contributed by atoms with Gasteiger partial charge >= 0.3 is 0 Å². The van der Waals surface area contributed by atoms with E-state index in [0.717, 1.165) is 55.0 Å². The average molecular weight is 290 g/mol. The Bertz CT molecular complexity index is 658. The van der Waals surface area contributed by atoms with Gasteiger partial charge in [-0.2, -0.15) is 10.2 Å². The smallest absolute Gasteiger partial charge is 0.129 e. The summed E-state index contributed by atoms with van der Waals surface area (Å²) in [7, 11) is 0. The minimum Gasteiger partial charge on any atom is -0.354 e. The van der Waals surface area contributed by atoms with Gasteiger partial charge in [-0.05, 0) is 19.4 Å². The maximum atomic E-state index is 12.2. The maximum Gasteiger partial charge on any atom is 0.129 e. The van der Waals surface area contributed by atoms with Crippen LogP contribution in [0.1, 0.15) is 13.5 Å². The summed E-state index contributed by atoms with van der Waals surface area (Å²) >= 11 is 0. The van der Waals surface area contributed by atoms with Crippen LogP contribution in [0.2, 0.25) is 0 Å². The summed E-state index contributed by atoms with van der Waals surface area (Å²) in [4.78, 5) is 9.01. The number of hydrogen-bond donors (Lipinski definition) is 0. The summed E-state index contributed by atoms with van der Waals surface area (Å²) in [6, 6.07) is 1.93. The Balaban J connectivity index is 1.76. The predicted octanol–water partition coefficient (Wildman–Crippen LogP) is 1.81. The lowest BCUT2D eigenvalue weighted by atomic mass is 10.2. The highest BCUT2D eigenvalue weighted by atomic mass is 19.1. The number of nitrogens with zero attached hydrogens (tertiary/aromatic N) is 5. The van der Waals surface area contributed by atoms with Crippen molar-refractivity contribution in [2.45, 2.75) is 13.3 Å². The predicted molar refractivity (Wildman–Crippen MR) is 81.3 cm³/mol. The second kappa shape index (κ2) is 6.30. The second-order valence-electron chi connectivity index (χ2n) is 5.36. The number of alkyl halides is 1. The van der Waals surface area contributed by atoms with Crippen molar-refractivity contribution in [3.63, 3.8) is 0 Å². The van der Waals surface area contributed by atoms with Crippen LogP contribution in [0.25, 0.3) is 10.8 Å². The highest BCUT2D eigenvalue weighted by Crippen LogP contribution is 2.21. The van der Waals surface area contributed by atoms with Gasteiger partial charge in [-0.3, -0.25) is 9.29 Å². The first-order valence-electron chi connectivity index (χ1n) is 7.82. The molecule has 1 saturated heterocycles. The molecular formula is C15H20FN5. The second-order valence-corrected chi connectivity index (χ2v) is 5.36. The molecule has 1 fully saturated rings. The Hall–Kier alpha value is -1.82. The fraction of sp³-hybridized carbons (Fsp3) is 0.533. The van der Waals surface area contributed by atoms with E-state index in [9.17, 15) is 4.39 Å². The summed E-state index contributed by atoms with van der Waals surface area (Å²) in [5, 5.41) is 9.49. The molecule has 6 heteroatoms. The van der Waals surface area contributed by atoms with Gasteiger partial charge in [-0.25, -0.2) is 4.98 Å². The van der Waals surface area contributed by atoms with Crippen molar-refractivity contribution in [2.75, 3.05) is 44.3 Å². The molecule has 3 rings (SSSR count). The molecular weight excluding hydrogens is 269 g/mol. The maximum absolute atomic E-state index is 12.2. The molecule has 2 aromatic rings. The SMILES string of the molecule is [2H]c1nnc(C)c2cnc(N3CCN(CCCF)CC3)cc12. The largest absolute Gasteiger partial charge is 0.354 e. The molecule has 5 nitrogen and oxygen atoms in total. The summed E-state index contributed by atoms with van der Waals surface area (Å²) in [5.74, 6) is 0.874. The number of aromatic nitrogens is 3. The molecule has 2 aromatic heterocycles. The van der Waals surface area contributed by atoms with Crippen molar-refractivity contribution in [3.05, 3.63) is 24.1 Å². The normalized spacial score (nSPS) is 17.2. The molecule has 0 radical (unpaired) electrons. The van der Waals surface area contributed by atoms with Gasteiger partial charge in [-0.1, -0.05) is 0 Å². The van der Waals surface area contributed by atoms with Crippen LogP contribution in [-0.4, -0.2) is 59.5 Å². The molecule has 1 aliphatic rings. The van der Waals surface area contributed by atoms with E-state index < -0.39 is 0 Å². The first kappa shape index (κ1) is 12.9. The van der Waals surface area contributed by atoms with E-state index >= 15 is 0 Å². The van der Waals surface area contributed by atoms with Crippen LogP contribution >= 0.6 is 0 Å². The van der Waals surface area contributed by atoms with Gasteiger partial charge in [0.2, 0.25) is 0 Å². The van der Waals surface area contributed by atoms with Gasteiger partial charge in [0.05, 0.1) is 19.9 Å². The van der Waals surface area contributed by atoms with E-state index in [1.54, 1.807) is 6.20 Å². The van der Waals surface area contributed by atoms with E-state index in [1.807, 2.05) is 13.0 Å². The summed E-state index contributed by atoms with van der Waals surface area (Å²) in [5.41, 5.74) is 0.793. The average Bonchev–Trinajstić information content (AvgIpc) is 2.56. The minimum atomic E-state index is -0.251. The fourth-order valence-electron chi connectivity index (χ4n) is 2.69. The molecule has 112 valence electrons. The molecule has 1 aliphatic heterocycles. The molecule has 21 heavy (non-hydrogen) atoms. The molecule has 0 amide bonds. The number of pyridine rings is 1. The van der Waals surface area contributed by atoms with Crippen LogP contribution in [-0.2, 0) is 0 Å². The first-order chi connectivity index (χ1) is 10.7. The highest BCUT2D eigenvalue weighted by Gasteiger charge is 2.18. The molecule has 0 aliphatic carbocycles. The Morgan fingerprint density at radius 3 is 2.90 bits per heavy atom. The van der Waals surface area contributed by atoms with E-state index in [2.05, 4.69) is 25.0 Å². The molecule has 0 saturated carbocycles. The number of halogens is 1. The monoisotopic (exact) mass is 290 g/mol. The third-order valence-electron chi connectivity index (χ3n) is 3.95. The van der Waals surface area contributed by atoms with Crippen LogP contribution in [0.5, 0.6) is 0 Å². The standard InChI is InChI=1S/C15H20FN5/c1-12-14-11-17-15(9-13(14)10-18-19-12)21-7-5-20(6-8-21)4-2-3-16/h9-11H,2-8H2,1H3/i10D. The zero-order valence-corrected chi connectivity index (χ0v) is 12.2. The van der Waals surface area contributed by atoms with E-state index in [1.165, 1.54) is 0 Å². The van der Waals surface area contributed by atoms with Crippen LogP contribution < -0.4 is 4.90 Å². The quantitative estimate of drug-likeness (QED) is 0.859. The number of hydrogen-bond acceptors (Lipinski definition) is 5. The minimum absolute atomic E-state index is 0.186. The first-order valence-corrected chi connectivity index (χ1v) is 7.32. The molecule has 0 unspecified atom stereocenters. The van der Waals surface area contributed by atoms with E-state index in [4.69, 9.17) is 1.37 Å². The topological polar surface area (TPSA) is 45.2 Å². The van der Waals surface area contributed by atoms with Gasteiger partial charge in [0.15, 0.2) is 0 Å². The highest BCUT2D eigenvalue weighted by molar-refractivity contribution is 5.84. The number of rotatable bonds is 4. The summed E-state index contributed by atoms with van der Waals surface area (Å²) in [6.07, 6.45) is 2.57. The zero-order valence-electron chi connectivity index (χ0n) is 13.2. The van der Waals surface area contributed by atoms with Crippen molar-refractivity contribution < 1.29 is 5.76 Å². The third-order valence-corrected chi connectivity index (χ3v) is 3.95. The fourth-order valence-corrected chi connectivity index (χ4v) is 2.69. The van der Waals surface area contributed by atoms with E-state index in [-0.39, 0.29) is 12.8 Å². The van der Waals surface area contributed by atoms with Crippen molar-refractivity contribution in [1.29, 1.82) is 0 Å². The van der Waals surface area contributed by atoms with Crippen molar-refractivity contribution >= 4 is 16.6 Å². The Morgan fingerprint density at radius 2 is 2.14 bits per heavy atom. The number of fused-ring (bicyclic) bond motifs is 1. The van der Waals surface area contributed by atoms with Crippen molar-refractivity contribution in [3.8, 4) is 0 Å². The van der Waals surface area contributed by atoms with Crippen LogP contribution in [0.3, 0.4) is 0 Å². The van der Waals surface area contributed by atoms with Crippen LogP contribution in [0.4, 0.5) is 10.2 Å². The van der Waals surface area contributed by atoms with Crippen molar-refractivity contribution in [2.24, 2.45) is 0 Å². The van der Waals surface area contributed by atoms with Gasteiger partial charge in [-0.15, -0.1) is 0 Å². The van der Waals surface area contributed by atoms with Crippen LogP contribution in [0, 0.1) is 6.92 Å². The molecule has 0 spiro atoms. The van der Waals surface area contributed by atoms with Crippen molar-refractivity contribution in [1.82, 2.24) is 20.1 Å². The zero-order chi connectivity index (χ0) is 15.5. The molecule has 3 heterocycles.